The second-order valence-electron chi connectivity index (χ2n) is 4.68. The Kier molecular flexibility index (Phi) is 2.78. The van der Waals surface area contributed by atoms with E-state index in [9.17, 15) is 4.79 Å². The van der Waals surface area contributed by atoms with Gasteiger partial charge in [0.15, 0.2) is 0 Å². The zero-order valence-corrected chi connectivity index (χ0v) is 11.5. The van der Waals surface area contributed by atoms with E-state index in [1.54, 1.807) is 37.0 Å². The molecule has 102 valence electrons. The lowest BCUT2D eigenvalue weighted by Crippen LogP contribution is -2.11. The minimum atomic E-state index is -0.396. The third kappa shape index (κ3) is 1.95. The van der Waals surface area contributed by atoms with Crippen LogP contribution in [-0.2, 0) is 7.05 Å². The number of rotatable bonds is 2. The third-order valence-electron chi connectivity index (χ3n) is 3.34. The molecule has 6 nitrogen and oxygen atoms in total. The average molecular weight is 270 g/mol. The van der Waals surface area contributed by atoms with Crippen LogP contribution in [0.2, 0.25) is 0 Å². The Balaban J connectivity index is 1.91. The van der Waals surface area contributed by atoms with Crippen molar-refractivity contribution in [3.8, 4) is 5.75 Å². The number of aromatic nitrogens is 4. The van der Waals surface area contributed by atoms with Crippen LogP contribution < -0.4 is 4.74 Å². The highest BCUT2D eigenvalue weighted by Crippen LogP contribution is 2.21. The zero-order chi connectivity index (χ0) is 14.3. The summed E-state index contributed by atoms with van der Waals surface area (Å²) in [5.74, 6) is 0.0846. The molecule has 6 heteroatoms. The number of H-pyrrole nitrogens is 1. The van der Waals surface area contributed by atoms with Gasteiger partial charge in [0.05, 0.1) is 17.4 Å². The Hall–Kier alpha value is -2.63. The van der Waals surface area contributed by atoms with E-state index in [1.165, 1.54) is 0 Å². The number of benzene rings is 1. The fraction of sp³-hybridized carbons (Fsp3) is 0.214. The van der Waals surface area contributed by atoms with Crippen molar-refractivity contribution < 1.29 is 9.53 Å². The summed E-state index contributed by atoms with van der Waals surface area (Å²) in [4.78, 5) is 12.2. The van der Waals surface area contributed by atoms with Crippen molar-refractivity contribution in [2.75, 3.05) is 0 Å². The summed E-state index contributed by atoms with van der Waals surface area (Å²) in [7, 11) is 1.80. The maximum Gasteiger partial charge on any atom is 0.347 e. The van der Waals surface area contributed by atoms with Crippen molar-refractivity contribution in [3.63, 3.8) is 0 Å². The van der Waals surface area contributed by atoms with Gasteiger partial charge in [-0.2, -0.15) is 10.2 Å². The van der Waals surface area contributed by atoms with E-state index >= 15 is 0 Å². The second kappa shape index (κ2) is 4.48. The predicted molar refractivity (Wildman–Crippen MR) is 73.7 cm³/mol. The minimum absolute atomic E-state index is 0.396. The molecule has 0 saturated carbocycles. The number of carbonyl (C=O) groups is 1. The molecule has 2 heterocycles. The molecule has 0 amide bonds. The Labute approximate surface area is 115 Å². The summed E-state index contributed by atoms with van der Waals surface area (Å²) in [6.07, 6.45) is 1.72. The fourth-order valence-corrected chi connectivity index (χ4v) is 2.21. The maximum atomic E-state index is 12.2. The second-order valence-corrected chi connectivity index (χ2v) is 4.68. The summed E-state index contributed by atoms with van der Waals surface area (Å²) in [6.45, 7) is 3.64. The highest BCUT2D eigenvalue weighted by Gasteiger charge is 2.19. The lowest BCUT2D eigenvalue weighted by Gasteiger charge is -2.04. The number of fused-ring (bicyclic) bond motifs is 1. The minimum Gasteiger partial charge on any atom is -0.423 e. The quantitative estimate of drug-likeness (QED) is 0.572. The molecule has 0 aliphatic heterocycles. The molecular formula is C14H14N4O2. The summed E-state index contributed by atoms with van der Waals surface area (Å²) < 4.78 is 7.08. The van der Waals surface area contributed by atoms with Gasteiger partial charge < -0.3 is 4.74 Å². The first-order valence-electron chi connectivity index (χ1n) is 6.22. The van der Waals surface area contributed by atoms with Crippen LogP contribution in [-0.4, -0.2) is 25.9 Å². The number of aromatic amines is 1. The first-order chi connectivity index (χ1) is 9.56. The van der Waals surface area contributed by atoms with Crippen molar-refractivity contribution in [1.82, 2.24) is 20.0 Å². The molecule has 2 aromatic heterocycles. The number of nitrogens with one attached hydrogen (secondary N) is 1. The number of esters is 1. The molecule has 1 N–H and O–H groups in total. The Morgan fingerprint density at radius 1 is 1.35 bits per heavy atom. The van der Waals surface area contributed by atoms with Gasteiger partial charge in [0.1, 0.15) is 11.3 Å². The van der Waals surface area contributed by atoms with E-state index in [1.807, 2.05) is 13.0 Å². The highest BCUT2D eigenvalue weighted by molar-refractivity contribution is 5.93. The standard InChI is InChI=1S/C14H14N4O2/c1-8-13(9(2)18(3)17-8)14(19)20-11-5-4-10-7-15-16-12(10)6-11/h4-7H,1-3H3,(H,15,16). The van der Waals surface area contributed by atoms with Gasteiger partial charge in [0, 0.05) is 24.2 Å². The number of ether oxygens (including phenoxy) is 1. The van der Waals surface area contributed by atoms with Crippen LogP contribution in [0.5, 0.6) is 5.75 Å². The molecule has 0 aliphatic rings. The Bertz CT molecular complexity index is 801. The van der Waals surface area contributed by atoms with E-state index < -0.39 is 5.97 Å². The molecule has 3 rings (SSSR count). The first-order valence-corrected chi connectivity index (χ1v) is 6.22. The van der Waals surface area contributed by atoms with Gasteiger partial charge in [-0.05, 0) is 26.0 Å². The van der Waals surface area contributed by atoms with Gasteiger partial charge in [0.2, 0.25) is 0 Å². The molecule has 1 aromatic carbocycles. The van der Waals surface area contributed by atoms with Gasteiger partial charge in [-0.1, -0.05) is 0 Å². The molecule has 0 unspecified atom stereocenters. The molecule has 0 saturated heterocycles. The maximum absolute atomic E-state index is 12.2. The monoisotopic (exact) mass is 270 g/mol. The van der Waals surface area contributed by atoms with Crippen LogP contribution in [0, 0.1) is 13.8 Å². The lowest BCUT2D eigenvalue weighted by atomic mass is 10.2. The van der Waals surface area contributed by atoms with E-state index in [0.717, 1.165) is 16.6 Å². The largest absolute Gasteiger partial charge is 0.423 e. The molecule has 0 radical (unpaired) electrons. The third-order valence-corrected chi connectivity index (χ3v) is 3.34. The predicted octanol–water partition coefficient (Wildman–Crippen LogP) is 2.13. The van der Waals surface area contributed by atoms with Crippen molar-refractivity contribution in [3.05, 3.63) is 41.3 Å². The molecule has 0 bridgehead atoms. The Morgan fingerprint density at radius 3 is 2.85 bits per heavy atom. The smallest absolute Gasteiger partial charge is 0.347 e. The molecular weight excluding hydrogens is 256 g/mol. The van der Waals surface area contributed by atoms with Gasteiger partial charge in [-0.25, -0.2) is 4.79 Å². The van der Waals surface area contributed by atoms with Crippen LogP contribution in [0.1, 0.15) is 21.7 Å². The average Bonchev–Trinajstić information content (AvgIpc) is 2.94. The van der Waals surface area contributed by atoms with E-state index in [-0.39, 0.29) is 0 Å². The van der Waals surface area contributed by atoms with Crippen LogP contribution in [0.25, 0.3) is 10.9 Å². The van der Waals surface area contributed by atoms with Crippen molar-refractivity contribution in [2.24, 2.45) is 7.05 Å². The lowest BCUT2D eigenvalue weighted by molar-refractivity contribution is 0.0733. The van der Waals surface area contributed by atoms with Gasteiger partial charge >= 0.3 is 5.97 Å². The van der Waals surface area contributed by atoms with E-state index in [4.69, 9.17) is 4.74 Å². The van der Waals surface area contributed by atoms with Crippen LogP contribution in [0.3, 0.4) is 0 Å². The molecule has 3 aromatic rings. The number of hydrogen-bond acceptors (Lipinski definition) is 4. The SMILES string of the molecule is Cc1nn(C)c(C)c1C(=O)Oc1ccc2cn[nH]c2c1. The molecule has 0 spiro atoms. The van der Waals surface area contributed by atoms with Gasteiger partial charge in [0.25, 0.3) is 0 Å². The molecule has 0 aliphatic carbocycles. The van der Waals surface area contributed by atoms with E-state index in [0.29, 0.717) is 17.0 Å². The summed E-state index contributed by atoms with van der Waals surface area (Å²) >= 11 is 0. The van der Waals surface area contributed by atoms with Crippen LogP contribution >= 0.6 is 0 Å². The van der Waals surface area contributed by atoms with Crippen LogP contribution in [0.15, 0.2) is 24.4 Å². The zero-order valence-electron chi connectivity index (χ0n) is 11.5. The number of hydrogen-bond donors (Lipinski definition) is 1. The highest BCUT2D eigenvalue weighted by atomic mass is 16.5. The Morgan fingerprint density at radius 2 is 2.15 bits per heavy atom. The summed E-state index contributed by atoms with van der Waals surface area (Å²) in [6, 6.07) is 5.35. The van der Waals surface area contributed by atoms with Crippen molar-refractivity contribution >= 4 is 16.9 Å². The number of nitrogens with zero attached hydrogens (tertiary/aromatic N) is 3. The molecule has 0 fully saturated rings. The number of aryl methyl sites for hydroxylation is 2. The van der Waals surface area contributed by atoms with Gasteiger partial charge in [-0.15, -0.1) is 0 Å². The van der Waals surface area contributed by atoms with Crippen molar-refractivity contribution in [2.45, 2.75) is 13.8 Å². The molecule has 0 atom stereocenters. The van der Waals surface area contributed by atoms with Gasteiger partial charge in [-0.3, -0.25) is 9.78 Å². The molecule has 20 heavy (non-hydrogen) atoms. The fourth-order valence-electron chi connectivity index (χ4n) is 2.21. The summed E-state index contributed by atoms with van der Waals surface area (Å²) in [5, 5.41) is 12.0. The number of carbonyl (C=O) groups excluding carboxylic acids is 1. The van der Waals surface area contributed by atoms with E-state index in [2.05, 4.69) is 15.3 Å². The summed E-state index contributed by atoms with van der Waals surface area (Å²) in [5.41, 5.74) is 2.79. The van der Waals surface area contributed by atoms with Crippen molar-refractivity contribution in [1.29, 1.82) is 0 Å². The van der Waals surface area contributed by atoms with Crippen LogP contribution in [0.4, 0.5) is 0 Å². The topological polar surface area (TPSA) is 72.8 Å². The normalized spacial score (nSPS) is 10.9. The first kappa shape index (κ1) is 12.4.